The molecule has 7 rings (SSSR count). The van der Waals surface area contributed by atoms with Crippen molar-refractivity contribution in [1.29, 1.82) is 0 Å². The molecule has 3 heteroatoms. The third kappa shape index (κ3) is 2.85. The molecule has 0 spiro atoms. The molecule has 1 heterocycles. The van der Waals surface area contributed by atoms with Gasteiger partial charge in [-0.3, -0.25) is 9.59 Å². The van der Waals surface area contributed by atoms with Gasteiger partial charge in [0.15, 0.2) is 0 Å². The Labute approximate surface area is 222 Å². The first-order valence-electron chi connectivity index (χ1n) is 13.4. The average molecular weight is 496 g/mol. The van der Waals surface area contributed by atoms with Crippen molar-refractivity contribution in [3.05, 3.63) is 101 Å². The average Bonchev–Trinajstić information content (AvgIpc) is 2.91. The second kappa shape index (κ2) is 7.88. The fraction of sp³-hybridized carbons (Fsp3) is 0.200. The number of carbonyl (C=O) groups excluding carboxylic acids is 2. The number of amides is 2. The molecule has 186 valence electrons. The molecule has 0 fully saturated rings. The maximum atomic E-state index is 14.3. The SMILES string of the molecule is Cc1ccc2c3ccc4c5c(ccc(c6cccc1c62)c53)C(=O)N(c1c(C(C)C)cccc1C(C)C)C4=O. The highest BCUT2D eigenvalue weighted by Gasteiger charge is 2.37. The van der Waals surface area contributed by atoms with E-state index in [1.165, 1.54) is 21.2 Å². The van der Waals surface area contributed by atoms with Gasteiger partial charge in [-0.05, 0) is 85.3 Å². The van der Waals surface area contributed by atoms with E-state index in [1.807, 2.05) is 30.3 Å². The van der Waals surface area contributed by atoms with Crippen molar-refractivity contribution in [2.24, 2.45) is 0 Å². The van der Waals surface area contributed by atoms with E-state index in [9.17, 15) is 9.59 Å². The molecule has 0 saturated heterocycles. The summed E-state index contributed by atoms with van der Waals surface area (Å²) in [6.45, 7) is 10.6. The molecule has 0 unspecified atom stereocenters. The van der Waals surface area contributed by atoms with E-state index in [4.69, 9.17) is 0 Å². The number of benzene rings is 6. The number of imide groups is 1. The molecule has 0 radical (unpaired) electrons. The van der Waals surface area contributed by atoms with Crippen molar-refractivity contribution < 1.29 is 9.59 Å². The van der Waals surface area contributed by atoms with E-state index in [0.717, 1.165) is 49.1 Å². The van der Waals surface area contributed by atoms with E-state index in [2.05, 4.69) is 77.1 Å². The Kier molecular flexibility index (Phi) is 4.75. The predicted molar refractivity (Wildman–Crippen MR) is 158 cm³/mol. The highest BCUT2D eigenvalue weighted by Crippen LogP contribution is 2.46. The Balaban J connectivity index is 1.58. The first-order chi connectivity index (χ1) is 18.3. The van der Waals surface area contributed by atoms with E-state index >= 15 is 0 Å². The molecule has 0 atom stereocenters. The van der Waals surface area contributed by atoms with Crippen molar-refractivity contribution in [2.75, 3.05) is 4.90 Å². The quantitative estimate of drug-likeness (QED) is 0.139. The van der Waals surface area contributed by atoms with Gasteiger partial charge in [0.1, 0.15) is 0 Å². The van der Waals surface area contributed by atoms with E-state index < -0.39 is 0 Å². The lowest BCUT2D eigenvalue weighted by molar-refractivity contribution is 0.0893. The van der Waals surface area contributed by atoms with Gasteiger partial charge in [-0.25, -0.2) is 4.90 Å². The van der Waals surface area contributed by atoms with Gasteiger partial charge in [-0.15, -0.1) is 0 Å². The summed E-state index contributed by atoms with van der Waals surface area (Å²) in [5.41, 5.74) is 5.21. The summed E-state index contributed by atoms with van der Waals surface area (Å²) in [5.74, 6) is -0.147. The minimum atomic E-state index is -0.242. The Morgan fingerprint density at radius 2 is 1.00 bits per heavy atom. The van der Waals surface area contributed by atoms with Crippen molar-refractivity contribution in [1.82, 2.24) is 0 Å². The zero-order valence-electron chi connectivity index (χ0n) is 22.3. The molecule has 6 aromatic carbocycles. The van der Waals surface area contributed by atoms with Gasteiger partial charge >= 0.3 is 0 Å². The smallest absolute Gasteiger partial charge is 0.266 e. The number of aryl methyl sites for hydroxylation is 1. The second-order valence-electron chi connectivity index (χ2n) is 11.3. The fourth-order valence-electron chi connectivity index (χ4n) is 6.61. The number of fused-ring (bicyclic) bond motifs is 2. The summed E-state index contributed by atoms with van der Waals surface area (Å²) < 4.78 is 0. The number of rotatable bonds is 3. The molecule has 0 N–H and O–H groups in total. The number of nitrogens with zero attached hydrogens (tertiary/aromatic N) is 1. The van der Waals surface area contributed by atoms with Crippen LogP contribution in [0, 0.1) is 6.92 Å². The first-order valence-corrected chi connectivity index (χ1v) is 13.4. The third-order valence-electron chi connectivity index (χ3n) is 8.43. The standard InChI is InChI=1S/C35H29NO2/c1-18(2)21-8-6-9-22(19(3)4)33(21)36-34(37)28-16-14-26-24-11-7-10-23-20(5)12-13-25(30(23)24)27-15-17-29(35(36)38)32(28)31(26)27/h6-19H,1-5H3. The monoisotopic (exact) mass is 495 g/mol. The van der Waals surface area contributed by atoms with Crippen LogP contribution in [0.15, 0.2) is 72.8 Å². The largest absolute Gasteiger partial charge is 0.268 e. The van der Waals surface area contributed by atoms with E-state index in [-0.39, 0.29) is 23.7 Å². The second-order valence-corrected chi connectivity index (χ2v) is 11.3. The highest BCUT2D eigenvalue weighted by molar-refractivity contribution is 6.42. The zero-order chi connectivity index (χ0) is 26.5. The first kappa shape index (κ1) is 22.9. The number of hydrogen-bond acceptors (Lipinski definition) is 2. The Morgan fingerprint density at radius 1 is 0.526 bits per heavy atom. The molecular formula is C35H29NO2. The van der Waals surface area contributed by atoms with E-state index in [1.54, 1.807) is 0 Å². The summed E-state index contributed by atoms with van der Waals surface area (Å²) in [6.07, 6.45) is 0. The van der Waals surface area contributed by atoms with Gasteiger partial charge in [0.25, 0.3) is 11.8 Å². The lowest BCUT2D eigenvalue weighted by Gasteiger charge is -2.32. The lowest BCUT2D eigenvalue weighted by Crippen LogP contribution is -2.41. The molecule has 2 amide bonds. The van der Waals surface area contributed by atoms with Gasteiger partial charge in [-0.1, -0.05) is 88.4 Å². The van der Waals surface area contributed by atoms with Gasteiger partial charge in [0, 0.05) is 16.5 Å². The van der Waals surface area contributed by atoms with Crippen LogP contribution in [0.5, 0.6) is 0 Å². The van der Waals surface area contributed by atoms with Crippen molar-refractivity contribution in [3.63, 3.8) is 0 Å². The van der Waals surface area contributed by atoms with Crippen LogP contribution in [0.4, 0.5) is 5.69 Å². The number of hydrogen-bond donors (Lipinski definition) is 0. The van der Waals surface area contributed by atoms with Crippen LogP contribution >= 0.6 is 0 Å². The van der Waals surface area contributed by atoms with Gasteiger partial charge in [0.05, 0.1) is 5.69 Å². The van der Waals surface area contributed by atoms with Crippen LogP contribution in [0.3, 0.4) is 0 Å². The van der Waals surface area contributed by atoms with Crippen LogP contribution in [0.25, 0.3) is 43.1 Å². The summed E-state index contributed by atoms with van der Waals surface area (Å²) in [5, 5.41) is 8.76. The molecule has 0 aliphatic carbocycles. The minimum absolute atomic E-state index is 0.168. The van der Waals surface area contributed by atoms with Crippen LogP contribution in [0.1, 0.15) is 76.9 Å². The van der Waals surface area contributed by atoms with Crippen LogP contribution in [-0.2, 0) is 0 Å². The number of para-hydroxylation sites is 1. The molecule has 0 saturated carbocycles. The van der Waals surface area contributed by atoms with Crippen LogP contribution in [0.2, 0.25) is 0 Å². The number of carbonyl (C=O) groups is 2. The maximum Gasteiger partial charge on any atom is 0.266 e. The zero-order valence-corrected chi connectivity index (χ0v) is 22.3. The molecule has 3 nitrogen and oxygen atoms in total. The van der Waals surface area contributed by atoms with Crippen molar-refractivity contribution in [2.45, 2.75) is 46.5 Å². The van der Waals surface area contributed by atoms with E-state index in [0.29, 0.717) is 11.1 Å². The molecular weight excluding hydrogens is 466 g/mol. The fourth-order valence-corrected chi connectivity index (χ4v) is 6.61. The Morgan fingerprint density at radius 3 is 1.58 bits per heavy atom. The maximum absolute atomic E-state index is 14.3. The molecule has 6 aromatic rings. The Bertz CT molecular complexity index is 1880. The molecule has 0 bridgehead atoms. The molecule has 1 aliphatic rings. The lowest BCUT2D eigenvalue weighted by atomic mass is 9.83. The molecule has 0 aromatic heterocycles. The summed E-state index contributed by atoms with van der Waals surface area (Å²) in [4.78, 5) is 30.0. The Hall–Kier alpha value is -4.24. The van der Waals surface area contributed by atoms with Crippen molar-refractivity contribution in [3.8, 4) is 0 Å². The minimum Gasteiger partial charge on any atom is -0.268 e. The van der Waals surface area contributed by atoms with Crippen LogP contribution in [-0.4, -0.2) is 11.8 Å². The summed E-state index contributed by atoms with van der Waals surface area (Å²) >= 11 is 0. The van der Waals surface area contributed by atoms with Gasteiger partial charge < -0.3 is 0 Å². The highest BCUT2D eigenvalue weighted by atomic mass is 16.2. The summed E-state index contributed by atoms with van der Waals surface area (Å²) in [6, 6.07) is 24.9. The normalized spacial score (nSPS) is 13.9. The van der Waals surface area contributed by atoms with Crippen molar-refractivity contribution >= 4 is 60.6 Å². The topological polar surface area (TPSA) is 37.4 Å². The third-order valence-corrected chi connectivity index (χ3v) is 8.43. The number of anilines is 1. The van der Waals surface area contributed by atoms with Gasteiger partial charge in [-0.2, -0.15) is 0 Å². The summed E-state index contributed by atoms with van der Waals surface area (Å²) in [7, 11) is 0. The molecule has 1 aliphatic heterocycles. The molecule has 38 heavy (non-hydrogen) atoms. The predicted octanol–water partition coefficient (Wildman–Crippen LogP) is 9.09. The van der Waals surface area contributed by atoms with Crippen LogP contribution < -0.4 is 4.90 Å². The van der Waals surface area contributed by atoms with Gasteiger partial charge in [0.2, 0.25) is 0 Å².